The molecule has 2 aliphatic rings. The Morgan fingerprint density at radius 2 is 1.68 bits per heavy atom. The molecule has 0 N–H and O–H groups in total. The number of hydrogen-bond acceptors (Lipinski definition) is 0. The van der Waals surface area contributed by atoms with Crippen molar-refractivity contribution >= 4 is 6.20 Å². The molecule has 1 aromatic heterocycles. The molecule has 1 unspecified atom stereocenters. The van der Waals surface area contributed by atoms with Crippen molar-refractivity contribution in [2.45, 2.75) is 51.4 Å². The van der Waals surface area contributed by atoms with Gasteiger partial charge in [0.2, 0.25) is 0 Å². The fourth-order valence-electron chi connectivity index (χ4n) is 5.51. The second-order valence-corrected chi connectivity index (χ2v) is 8.41. The second kappa shape index (κ2) is 6.77. The van der Waals surface area contributed by atoms with E-state index in [4.69, 9.17) is 1.37 Å². The van der Waals surface area contributed by atoms with E-state index in [1.807, 2.05) is 0 Å². The SMILES string of the molecule is [2H]c1n2c(c(C)[n+]1-c1ccccc1C)C(c1ccccc1)(C1CCCCC1)C=C2. The predicted molar refractivity (Wildman–Crippen MR) is 115 cm³/mol. The van der Waals surface area contributed by atoms with E-state index in [-0.39, 0.29) is 5.41 Å². The van der Waals surface area contributed by atoms with Crippen molar-refractivity contribution in [2.75, 3.05) is 0 Å². The van der Waals surface area contributed by atoms with Crippen LogP contribution in [-0.4, -0.2) is 4.57 Å². The van der Waals surface area contributed by atoms with Crippen LogP contribution in [-0.2, 0) is 5.41 Å². The van der Waals surface area contributed by atoms with Gasteiger partial charge in [0.1, 0.15) is 11.4 Å². The smallest absolute Gasteiger partial charge is 0.205 e. The first-order valence-electron chi connectivity index (χ1n) is 11.1. The third-order valence-electron chi connectivity index (χ3n) is 6.86. The maximum Gasteiger partial charge on any atom is 0.254 e. The van der Waals surface area contributed by atoms with Crippen molar-refractivity contribution < 1.29 is 5.94 Å². The van der Waals surface area contributed by atoms with Gasteiger partial charge in [-0.2, -0.15) is 4.57 Å². The van der Waals surface area contributed by atoms with Crippen LogP contribution >= 0.6 is 0 Å². The summed E-state index contributed by atoms with van der Waals surface area (Å²) < 4.78 is 13.3. The second-order valence-electron chi connectivity index (χ2n) is 8.41. The summed E-state index contributed by atoms with van der Waals surface area (Å²) in [6.07, 6.45) is 11.5. The summed E-state index contributed by atoms with van der Waals surface area (Å²) in [6.45, 7) is 4.33. The number of imidazole rings is 1. The number of aryl methyl sites for hydroxylation is 1. The number of fused-ring (bicyclic) bond motifs is 1. The summed E-state index contributed by atoms with van der Waals surface area (Å²) in [5.74, 6) is 0.578. The molecule has 0 spiro atoms. The summed E-state index contributed by atoms with van der Waals surface area (Å²) >= 11 is 0. The molecular weight excluding hydrogens is 340 g/mol. The first-order valence-corrected chi connectivity index (χ1v) is 10.6. The van der Waals surface area contributed by atoms with Crippen molar-refractivity contribution in [2.24, 2.45) is 5.92 Å². The fraction of sp³-hybridized carbons (Fsp3) is 0.346. The van der Waals surface area contributed by atoms with E-state index in [1.165, 1.54) is 54.6 Å². The minimum atomic E-state index is -0.143. The molecule has 2 heteroatoms. The lowest BCUT2D eigenvalue weighted by Crippen LogP contribution is -2.38. The quantitative estimate of drug-likeness (QED) is 0.521. The summed E-state index contributed by atoms with van der Waals surface area (Å²) in [6, 6.07) is 19.4. The average Bonchev–Trinajstić information content (AvgIpc) is 3.28. The monoisotopic (exact) mass is 370 g/mol. The third-order valence-corrected chi connectivity index (χ3v) is 6.86. The Morgan fingerprint density at radius 3 is 2.43 bits per heavy atom. The van der Waals surface area contributed by atoms with Gasteiger partial charge >= 0.3 is 0 Å². The Hall–Kier alpha value is -2.61. The highest BCUT2D eigenvalue weighted by atomic mass is 15.2. The highest BCUT2D eigenvalue weighted by Gasteiger charge is 2.50. The van der Waals surface area contributed by atoms with Crippen molar-refractivity contribution in [3.8, 4) is 5.69 Å². The largest absolute Gasteiger partial charge is 0.254 e. The van der Waals surface area contributed by atoms with Crippen LogP contribution in [0.1, 0.15) is 56.0 Å². The first kappa shape index (κ1) is 16.4. The Bertz CT molecular complexity index is 1070. The van der Waals surface area contributed by atoms with Gasteiger partial charge in [-0.25, -0.2) is 4.57 Å². The lowest BCUT2D eigenvalue weighted by Gasteiger charge is -2.37. The van der Waals surface area contributed by atoms with E-state index in [1.54, 1.807) is 0 Å². The molecule has 0 amide bonds. The summed E-state index contributed by atoms with van der Waals surface area (Å²) in [5.41, 5.74) is 5.99. The Balaban J connectivity index is 1.78. The fourth-order valence-corrected chi connectivity index (χ4v) is 5.51. The van der Waals surface area contributed by atoms with Crippen molar-refractivity contribution in [1.29, 1.82) is 0 Å². The molecule has 1 aliphatic heterocycles. The van der Waals surface area contributed by atoms with Gasteiger partial charge in [-0.05, 0) is 49.0 Å². The van der Waals surface area contributed by atoms with Gasteiger partial charge < -0.3 is 0 Å². The number of aromatic nitrogens is 2. The van der Waals surface area contributed by atoms with E-state index in [0.717, 1.165) is 5.69 Å². The van der Waals surface area contributed by atoms with Crippen molar-refractivity contribution in [3.63, 3.8) is 0 Å². The molecule has 0 radical (unpaired) electrons. The summed E-state index contributed by atoms with van der Waals surface area (Å²) in [7, 11) is 0. The topological polar surface area (TPSA) is 8.81 Å². The maximum absolute atomic E-state index is 9.01. The van der Waals surface area contributed by atoms with Crippen LogP contribution in [0.5, 0.6) is 0 Å². The van der Waals surface area contributed by atoms with E-state index in [0.29, 0.717) is 12.2 Å². The van der Waals surface area contributed by atoms with Gasteiger partial charge in [-0.15, -0.1) is 0 Å². The number of nitrogens with zero attached hydrogens (tertiary/aromatic N) is 2. The van der Waals surface area contributed by atoms with Gasteiger partial charge in [-0.3, -0.25) is 0 Å². The Morgan fingerprint density at radius 1 is 0.964 bits per heavy atom. The van der Waals surface area contributed by atoms with E-state index < -0.39 is 0 Å². The summed E-state index contributed by atoms with van der Waals surface area (Å²) in [4.78, 5) is 0. The van der Waals surface area contributed by atoms with Gasteiger partial charge in [0.25, 0.3) is 6.30 Å². The third kappa shape index (κ3) is 2.51. The molecule has 1 atom stereocenters. The Labute approximate surface area is 169 Å². The first-order chi connectivity index (χ1) is 14.1. The lowest BCUT2D eigenvalue weighted by atomic mass is 9.63. The molecule has 0 bridgehead atoms. The highest BCUT2D eigenvalue weighted by molar-refractivity contribution is 5.55. The van der Waals surface area contributed by atoms with E-state index >= 15 is 0 Å². The number of para-hydroxylation sites is 1. The molecule has 142 valence electrons. The van der Waals surface area contributed by atoms with Crippen molar-refractivity contribution in [3.05, 3.63) is 89.5 Å². The van der Waals surface area contributed by atoms with Gasteiger partial charge in [0.15, 0.2) is 7.06 Å². The lowest BCUT2D eigenvalue weighted by molar-refractivity contribution is -0.602. The number of benzene rings is 2. The molecule has 1 fully saturated rings. The average molecular weight is 371 g/mol. The molecule has 28 heavy (non-hydrogen) atoms. The molecular formula is C26H29N2+. The molecule has 1 aliphatic carbocycles. The molecule has 3 aromatic rings. The minimum Gasteiger partial charge on any atom is -0.205 e. The van der Waals surface area contributed by atoms with Crippen LogP contribution in [0.15, 0.2) is 67.0 Å². The maximum atomic E-state index is 9.01. The van der Waals surface area contributed by atoms with Crippen molar-refractivity contribution in [1.82, 2.24) is 4.57 Å². The number of rotatable bonds is 3. The minimum absolute atomic E-state index is 0.143. The molecule has 5 rings (SSSR count). The zero-order valence-corrected chi connectivity index (χ0v) is 16.9. The van der Waals surface area contributed by atoms with Crippen LogP contribution < -0.4 is 4.57 Å². The van der Waals surface area contributed by atoms with Gasteiger partial charge in [0, 0.05) is 6.92 Å². The van der Waals surface area contributed by atoms with E-state index in [9.17, 15) is 0 Å². The van der Waals surface area contributed by atoms with Crippen LogP contribution in [0.4, 0.5) is 0 Å². The van der Waals surface area contributed by atoms with Gasteiger partial charge in [-0.1, -0.05) is 67.8 Å². The van der Waals surface area contributed by atoms with Crippen LogP contribution in [0, 0.1) is 19.8 Å². The van der Waals surface area contributed by atoms with Gasteiger partial charge in [0.05, 0.1) is 11.6 Å². The van der Waals surface area contributed by atoms with E-state index in [2.05, 4.69) is 89.9 Å². The molecule has 2 nitrogen and oxygen atoms in total. The number of hydrogen-bond donors (Lipinski definition) is 0. The zero-order chi connectivity index (χ0) is 20.0. The summed E-state index contributed by atoms with van der Waals surface area (Å²) in [5, 5.41) is 0. The van der Waals surface area contributed by atoms with Crippen LogP contribution in [0.2, 0.25) is 0 Å². The highest BCUT2D eigenvalue weighted by Crippen LogP contribution is 2.50. The molecule has 2 heterocycles. The van der Waals surface area contributed by atoms with Crippen LogP contribution in [0.3, 0.4) is 0 Å². The standard InChI is InChI=1S/C26H29N2/c1-20-11-9-10-16-24(20)28-19-27-18-17-26(25(27)21(28)2,22-12-5-3-6-13-22)23-14-7-4-8-15-23/h3,5-6,9-13,16-19,23H,4,7-8,14-15H2,1-2H3/q+1/i19D. The molecule has 1 saturated carbocycles. The zero-order valence-electron chi connectivity index (χ0n) is 17.9. The Kier molecular flexibility index (Phi) is 3.96. The normalized spacial score (nSPS) is 22.3. The van der Waals surface area contributed by atoms with Crippen LogP contribution in [0.25, 0.3) is 11.9 Å². The molecule has 0 saturated heterocycles. The number of allylic oxidation sites excluding steroid dienone is 1. The molecule has 2 aromatic carbocycles. The predicted octanol–water partition coefficient (Wildman–Crippen LogP) is 5.73.